The molecule has 28 heavy (non-hydrogen) atoms. The topological polar surface area (TPSA) is 92.8 Å². The molecule has 1 aliphatic rings. The summed E-state index contributed by atoms with van der Waals surface area (Å²) < 4.78 is 24.5. The Bertz CT molecular complexity index is 834. The highest BCUT2D eigenvalue weighted by atomic mass is 19.1. The number of nitrogens with one attached hydrogen (secondary N) is 2. The van der Waals surface area contributed by atoms with Gasteiger partial charge in [0, 0.05) is 30.6 Å². The zero-order chi connectivity index (χ0) is 19.9. The molecule has 8 nitrogen and oxygen atoms in total. The lowest BCUT2D eigenvalue weighted by atomic mass is 10.1. The average molecular weight is 388 g/mol. The minimum atomic E-state index is -0.546. The van der Waals surface area contributed by atoms with Gasteiger partial charge in [-0.1, -0.05) is 0 Å². The van der Waals surface area contributed by atoms with Crippen LogP contribution in [0.2, 0.25) is 0 Å². The molecule has 3 rings (SSSR count). The van der Waals surface area contributed by atoms with Gasteiger partial charge >= 0.3 is 12.1 Å². The number of methoxy groups -OCH3 is 1. The molecule has 0 saturated carbocycles. The predicted molar refractivity (Wildman–Crippen MR) is 101 cm³/mol. The van der Waals surface area contributed by atoms with Crippen LogP contribution in [0.5, 0.6) is 5.75 Å². The average Bonchev–Trinajstić information content (AvgIpc) is 2.67. The number of nitrogens with zero attached hydrogens (tertiary/aromatic N) is 2. The van der Waals surface area contributed by atoms with Gasteiger partial charge in [-0.3, -0.25) is 4.98 Å². The van der Waals surface area contributed by atoms with Gasteiger partial charge in [0.25, 0.3) is 0 Å². The number of ether oxygens (including phenoxy) is 2. The van der Waals surface area contributed by atoms with Crippen LogP contribution in [0.25, 0.3) is 0 Å². The molecule has 1 aromatic carbocycles. The van der Waals surface area contributed by atoms with Crippen molar-refractivity contribution in [2.75, 3.05) is 30.8 Å². The number of urea groups is 1. The maximum atomic E-state index is 14.0. The maximum absolute atomic E-state index is 14.0. The number of carbonyl (C=O) groups excluding carboxylic acids is 2. The molecule has 1 fully saturated rings. The number of likely N-dealkylation sites (tertiary alicyclic amines) is 1. The van der Waals surface area contributed by atoms with E-state index in [1.54, 1.807) is 23.2 Å². The molecule has 2 N–H and O–H groups in total. The van der Waals surface area contributed by atoms with E-state index in [0.717, 1.165) is 12.8 Å². The van der Waals surface area contributed by atoms with E-state index in [2.05, 4.69) is 15.6 Å². The largest absolute Gasteiger partial charge is 0.488 e. The normalized spacial score (nSPS) is 16.2. The van der Waals surface area contributed by atoms with Gasteiger partial charge in [0.15, 0.2) is 0 Å². The van der Waals surface area contributed by atoms with Crippen molar-refractivity contribution in [2.24, 2.45) is 0 Å². The third kappa shape index (κ3) is 5.32. The first-order chi connectivity index (χ1) is 13.5. The standard InChI is InChI=1S/C19H21FN4O4/c1-27-19(26)24-7-3-5-16(12-24)28-17-9-13(20)8-15(10-17)23-18(25)22-14-4-2-6-21-11-14/h2,4,6,8-11,16H,3,5,7,12H2,1H3,(H2,22,23,25). The molecule has 0 spiro atoms. The van der Waals surface area contributed by atoms with Gasteiger partial charge in [-0.25, -0.2) is 14.0 Å². The van der Waals surface area contributed by atoms with Crippen molar-refractivity contribution in [3.8, 4) is 5.75 Å². The van der Waals surface area contributed by atoms with Crippen molar-refractivity contribution < 1.29 is 23.5 Å². The Morgan fingerprint density at radius 1 is 1.25 bits per heavy atom. The third-order valence-corrected chi connectivity index (χ3v) is 4.16. The number of anilines is 2. The first-order valence-electron chi connectivity index (χ1n) is 8.81. The van der Waals surface area contributed by atoms with Crippen molar-refractivity contribution in [2.45, 2.75) is 18.9 Å². The van der Waals surface area contributed by atoms with E-state index in [4.69, 9.17) is 9.47 Å². The number of pyridine rings is 1. The Morgan fingerprint density at radius 2 is 2.07 bits per heavy atom. The molecule has 0 radical (unpaired) electrons. The van der Waals surface area contributed by atoms with Crippen LogP contribution in [0.15, 0.2) is 42.7 Å². The Kier molecular flexibility index (Phi) is 6.25. The van der Waals surface area contributed by atoms with Gasteiger partial charge in [0.1, 0.15) is 17.7 Å². The number of hydrogen-bond acceptors (Lipinski definition) is 5. The summed E-state index contributed by atoms with van der Waals surface area (Å²) in [4.78, 5) is 29.2. The minimum Gasteiger partial charge on any atom is -0.488 e. The zero-order valence-electron chi connectivity index (χ0n) is 15.4. The highest BCUT2D eigenvalue weighted by molar-refractivity contribution is 5.99. The monoisotopic (exact) mass is 388 g/mol. The smallest absolute Gasteiger partial charge is 0.409 e. The van der Waals surface area contributed by atoms with Crippen LogP contribution in [0.3, 0.4) is 0 Å². The minimum absolute atomic E-state index is 0.247. The van der Waals surface area contributed by atoms with Crippen molar-refractivity contribution in [3.05, 3.63) is 48.5 Å². The van der Waals surface area contributed by atoms with Crippen LogP contribution >= 0.6 is 0 Å². The summed E-state index contributed by atoms with van der Waals surface area (Å²) in [5.41, 5.74) is 0.759. The fourth-order valence-corrected chi connectivity index (χ4v) is 2.95. The van der Waals surface area contributed by atoms with Crippen LogP contribution in [0, 0.1) is 5.82 Å². The number of piperidine rings is 1. The van der Waals surface area contributed by atoms with Crippen molar-refractivity contribution >= 4 is 23.5 Å². The fraction of sp³-hybridized carbons (Fsp3) is 0.316. The summed E-state index contributed by atoms with van der Waals surface area (Å²) in [7, 11) is 1.33. The highest BCUT2D eigenvalue weighted by Gasteiger charge is 2.25. The van der Waals surface area contributed by atoms with Crippen LogP contribution in [0.4, 0.5) is 25.4 Å². The molecule has 148 valence electrons. The molecule has 1 atom stereocenters. The summed E-state index contributed by atoms with van der Waals surface area (Å²) in [5.74, 6) is -0.275. The van der Waals surface area contributed by atoms with Gasteiger partial charge < -0.3 is 25.0 Å². The predicted octanol–water partition coefficient (Wildman–Crippen LogP) is 3.47. The van der Waals surface area contributed by atoms with Crippen molar-refractivity contribution in [1.82, 2.24) is 9.88 Å². The Morgan fingerprint density at radius 3 is 2.82 bits per heavy atom. The van der Waals surface area contributed by atoms with Crippen LogP contribution in [-0.4, -0.2) is 48.3 Å². The van der Waals surface area contributed by atoms with Crippen molar-refractivity contribution in [1.29, 1.82) is 0 Å². The molecule has 9 heteroatoms. The van der Waals surface area contributed by atoms with Crippen molar-refractivity contribution in [3.63, 3.8) is 0 Å². The molecule has 0 bridgehead atoms. The zero-order valence-corrected chi connectivity index (χ0v) is 15.4. The van der Waals surface area contributed by atoms with E-state index in [9.17, 15) is 14.0 Å². The molecule has 1 aromatic heterocycles. The highest BCUT2D eigenvalue weighted by Crippen LogP contribution is 2.24. The fourth-order valence-electron chi connectivity index (χ4n) is 2.95. The summed E-state index contributed by atoms with van der Waals surface area (Å²) in [6.45, 7) is 0.949. The lowest BCUT2D eigenvalue weighted by Gasteiger charge is -2.31. The van der Waals surface area contributed by atoms with Crippen LogP contribution < -0.4 is 15.4 Å². The summed E-state index contributed by atoms with van der Waals surface area (Å²) in [5, 5.41) is 5.16. The molecule has 2 aromatic rings. The number of carbonyl (C=O) groups is 2. The second-order valence-electron chi connectivity index (χ2n) is 6.29. The first kappa shape index (κ1) is 19.4. The number of amides is 3. The Hall–Kier alpha value is -3.36. The lowest BCUT2D eigenvalue weighted by Crippen LogP contribution is -2.44. The molecule has 1 aliphatic heterocycles. The van der Waals surface area contributed by atoms with Gasteiger partial charge in [-0.2, -0.15) is 0 Å². The summed E-state index contributed by atoms with van der Waals surface area (Å²) in [6.07, 6.45) is 3.87. The molecule has 3 amide bonds. The van der Waals surface area contributed by atoms with E-state index in [0.29, 0.717) is 18.8 Å². The Balaban J connectivity index is 1.62. The molecular weight excluding hydrogens is 367 g/mol. The SMILES string of the molecule is COC(=O)N1CCCC(Oc2cc(F)cc(NC(=O)Nc3cccnc3)c2)C1. The van der Waals surface area contributed by atoms with Crippen LogP contribution in [-0.2, 0) is 4.74 Å². The third-order valence-electron chi connectivity index (χ3n) is 4.16. The first-order valence-corrected chi connectivity index (χ1v) is 8.81. The molecule has 1 unspecified atom stereocenters. The van der Waals surface area contributed by atoms with Crippen LogP contribution in [0.1, 0.15) is 12.8 Å². The number of benzene rings is 1. The van der Waals surface area contributed by atoms with E-state index in [1.165, 1.54) is 31.5 Å². The number of hydrogen-bond donors (Lipinski definition) is 2. The van der Waals surface area contributed by atoms with E-state index in [-0.39, 0.29) is 17.5 Å². The van der Waals surface area contributed by atoms with Gasteiger partial charge in [-0.05, 0) is 31.0 Å². The molecule has 2 heterocycles. The number of halogens is 1. The van der Waals surface area contributed by atoms with Gasteiger partial charge in [0.2, 0.25) is 0 Å². The molecule has 0 aliphatic carbocycles. The second kappa shape index (κ2) is 9.03. The van der Waals surface area contributed by atoms with E-state index < -0.39 is 17.9 Å². The quantitative estimate of drug-likeness (QED) is 0.837. The van der Waals surface area contributed by atoms with E-state index in [1.807, 2.05) is 0 Å². The number of rotatable bonds is 4. The summed E-state index contributed by atoms with van der Waals surface area (Å²) >= 11 is 0. The lowest BCUT2D eigenvalue weighted by molar-refractivity contribution is 0.0693. The second-order valence-corrected chi connectivity index (χ2v) is 6.29. The number of aromatic nitrogens is 1. The maximum Gasteiger partial charge on any atom is 0.409 e. The van der Waals surface area contributed by atoms with Gasteiger partial charge in [-0.15, -0.1) is 0 Å². The van der Waals surface area contributed by atoms with Gasteiger partial charge in [0.05, 0.1) is 25.5 Å². The summed E-state index contributed by atoms with van der Waals surface area (Å²) in [6, 6.07) is 6.80. The molecule has 1 saturated heterocycles. The molecular formula is C19H21FN4O4. The Labute approximate surface area is 161 Å². The van der Waals surface area contributed by atoms with E-state index >= 15 is 0 Å².